The fourth-order valence-corrected chi connectivity index (χ4v) is 7.88. The molecule has 3 aromatic carbocycles. The molecule has 1 fully saturated rings. The summed E-state index contributed by atoms with van der Waals surface area (Å²) < 4.78 is 15.8. The molecule has 1 aliphatic rings. The Labute approximate surface area is 260 Å². The number of anilines is 3. The van der Waals surface area contributed by atoms with Crippen molar-refractivity contribution in [3.8, 4) is 0 Å². The lowest BCUT2D eigenvalue weighted by Crippen LogP contribution is -2.47. The number of piperidine rings is 1. The molecule has 7 nitrogen and oxygen atoms in total. The van der Waals surface area contributed by atoms with Crippen LogP contribution in [0.1, 0.15) is 54.9 Å². The van der Waals surface area contributed by atoms with E-state index in [4.69, 9.17) is 0 Å². The van der Waals surface area contributed by atoms with Gasteiger partial charge in [0, 0.05) is 46.5 Å². The van der Waals surface area contributed by atoms with Gasteiger partial charge in [0.1, 0.15) is 21.2 Å². The van der Waals surface area contributed by atoms with Gasteiger partial charge in [-0.25, -0.2) is 8.51 Å². The Balaban J connectivity index is 1.25. The number of rotatable bonds is 13. The largest absolute Gasteiger partial charge is 0.385 e. The lowest BCUT2D eigenvalue weighted by atomic mass is 10.0. The van der Waals surface area contributed by atoms with E-state index in [1.54, 1.807) is 6.07 Å². The Bertz CT molecular complexity index is 1600. The summed E-state index contributed by atoms with van der Waals surface area (Å²) >= 11 is 1.44. The third-order valence-electron chi connectivity index (χ3n) is 7.71. The molecule has 0 saturated carbocycles. The van der Waals surface area contributed by atoms with Gasteiger partial charge in [-0.3, -0.25) is 9.59 Å². The van der Waals surface area contributed by atoms with Crippen LogP contribution >= 0.6 is 11.3 Å². The first-order chi connectivity index (χ1) is 21.1. The van der Waals surface area contributed by atoms with Gasteiger partial charge in [0.25, 0.3) is 0 Å². The normalized spacial score (nSPS) is 16.3. The number of thiophene rings is 1. The lowest BCUT2D eigenvalue weighted by Gasteiger charge is -2.33. The Kier molecular flexibility index (Phi) is 10.8. The van der Waals surface area contributed by atoms with E-state index in [9.17, 15) is 13.8 Å². The number of benzene rings is 3. The van der Waals surface area contributed by atoms with Crippen LogP contribution in [0.15, 0.2) is 88.6 Å². The number of allylic oxidation sites excluding steroid dienone is 1. The molecule has 0 bridgehead atoms. The van der Waals surface area contributed by atoms with Crippen molar-refractivity contribution in [2.75, 3.05) is 29.0 Å². The monoisotopic (exact) mass is 614 g/mol. The van der Waals surface area contributed by atoms with Gasteiger partial charge >= 0.3 is 0 Å². The molecule has 0 aliphatic carbocycles. The van der Waals surface area contributed by atoms with Gasteiger partial charge in [-0.1, -0.05) is 61.9 Å². The number of hydrogen-bond acceptors (Lipinski definition) is 6. The highest BCUT2D eigenvalue weighted by molar-refractivity contribution is 7.85. The number of amides is 1. The molecule has 2 unspecified atom stereocenters. The first kappa shape index (κ1) is 30.7. The molecule has 2 heterocycles. The quantitative estimate of drug-likeness (QED) is 0.107. The van der Waals surface area contributed by atoms with Crippen LogP contribution in [0.5, 0.6) is 0 Å². The zero-order valence-corrected chi connectivity index (χ0v) is 26.0. The minimum absolute atomic E-state index is 0.176. The van der Waals surface area contributed by atoms with Gasteiger partial charge in [0.05, 0.1) is 0 Å². The van der Waals surface area contributed by atoms with Crippen LogP contribution in [0.3, 0.4) is 0 Å². The van der Waals surface area contributed by atoms with Gasteiger partial charge < -0.3 is 16.0 Å². The van der Waals surface area contributed by atoms with Gasteiger partial charge in [0.2, 0.25) is 5.91 Å². The van der Waals surface area contributed by atoms with Gasteiger partial charge in [-0.15, -0.1) is 11.3 Å². The molecule has 5 rings (SSSR count). The Morgan fingerprint density at radius 3 is 2.70 bits per heavy atom. The van der Waals surface area contributed by atoms with Crippen molar-refractivity contribution < 1.29 is 13.8 Å². The van der Waals surface area contributed by atoms with Crippen molar-refractivity contribution in [2.45, 2.75) is 55.7 Å². The Morgan fingerprint density at radius 2 is 1.88 bits per heavy atom. The summed E-state index contributed by atoms with van der Waals surface area (Å²) in [5.41, 5.74) is 4.48. The summed E-state index contributed by atoms with van der Waals surface area (Å²) in [6.07, 6.45) is 10.2. The standard InChI is InChI=1S/C34H38N4O3S2/c1-2-25-12-4-5-15-28(25)35-20-7-3-8-21-36-30-19-18-29(27-14-10-13-26(24-39)33(27)30)37-34(40)31-16-6-9-22-38(31)43(41)32-17-11-23-42-32/h4-5,7,10-15,17-20,23-24,31,35-36H,2-3,6,8-9,16,21-22H2,1H3,(H,37,40)/b20-7+. The SMILES string of the molecule is CCc1ccccc1N/C=C/CCCNc1ccc(NC(=O)C2CCCCN2S(=O)c2cccs2)c2cccc(C=O)c12. The number of carbonyl (C=O) groups excluding carboxylic acids is 2. The third kappa shape index (κ3) is 7.41. The second-order valence-corrected chi connectivity index (χ2v) is 13.1. The highest BCUT2D eigenvalue weighted by Gasteiger charge is 2.33. The molecule has 2 atom stereocenters. The second kappa shape index (κ2) is 15.1. The van der Waals surface area contributed by atoms with Crippen LogP contribution in [0, 0.1) is 0 Å². The van der Waals surface area contributed by atoms with E-state index in [1.807, 2.05) is 58.3 Å². The van der Waals surface area contributed by atoms with E-state index < -0.39 is 17.0 Å². The van der Waals surface area contributed by atoms with E-state index in [2.05, 4.69) is 47.1 Å². The first-order valence-electron chi connectivity index (χ1n) is 14.9. The molecule has 9 heteroatoms. The molecule has 224 valence electrons. The summed E-state index contributed by atoms with van der Waals surface area (Å²) in [5, 5.41) is 13.5. The fourth-order valence-electron chi connectivity index (χ4n) is 5.49. The lowest BCUT2D eigenvalue weighted by molar-refractivity contribution is -0.120. The smallest absolute Gasteiger partial charge is 0.242 e. The van der Waals surface area contributed by atoms with Gasteiger partial charge in [-0.2, -0.15) is 0 Å². The highest BCUT2D eigenvalue weighted by atomic mass is 32.2. The number of hydrogen-bond donors (Lipinski definition) is 3. The molecule has 1 aliphatic heterocycles. The average Bonchev–Trinajstić information content (AvgIpc) is 3.60. The number of nitrogens with one attached hydrogen (secondary N) is 3. The molecule has 1 saturated heterocycles. The zero-order valence-electron chi connectivity index (χ0n) is 24.4. The number of fused-ring (bicyclic) bond motifs is 1. The van der Waals surface area contributed by atoms with E-state index in [-0.39, 0.29) is 5.91 Å². The maximum atomic E-state index is 13.6. The molecule has 1 amide bonds. The number of aryl methyl sites for hydroxylation is 1. The summed E-state index contributed by atoms with van der Waals surface area (Å²) in [5.74, 6) is -0.176. The molecule has 0 radical (unpaired) electrons. The maximum Gasteiger partial charge on any atom is 0.242 e. The van der Waals surface area contributed by atoms with Crippen molar-refractivity contribution in [3.63, 3.8) is 0 Å². The van der Waals surface area contributed by atoms with Gasteiger partial charge in [-0.05, 0) is 73.5 Å². The van der Waals surface area contributed by atoms with Gasteiger partial charge in [0.15, 0.2) is 6.29 Å². The Hall–Kier alpha value is -3.79. The summed E-state index contributed by atoms with van der Waals surface area (Å²) in [4.78, 5) is 25.6. The molecule has 1 aromatic heterocycles. The topological polar surface area (TPSA) is 90.5 Å². The van der Waals surface area contributed by atoms with Crippen molar-refractivity contribution in [1.29, 1.82) is 0 Å². The molecular weight excluding hydrogens is 577 g/mol. The van der Waals surface area contributed by atoms with Crippen LogP contribution in [-0.2, 0) is 22.2 Å². The molecule has 4 aromatic rings. The molecular formula is C34H38N4O3S2. The summed E-state index contributed by atoms with van der Waals surface area (Å²) in [7, 11) is -1.38. The van der Waals surface area contributed by atoms with Crippen LogP contribution in [0.2, 0.25) is 0 Å². The molecule has 3 N–H and O–H groups in total. The highest BCUT2D eigenvalue weighted by Crippen LogP contribution is 2.33. The average molecular weight is 615 g/mol. The fraction of sp³-hybridized carbons (Fsp3) is 0.294. The van der Waals surface area contributed by atoms with E-state index in [0.29, 0.717) is 24.2 Å². The second-order valence-electron chi connectivity index (χ2n) is 10.5. The molecule has 43 heavy (non-hydrogen) atoms. The van der Waals surface area contributed by atoms with Crippen LogP contribution in [0.4, 0.5) is 17.1 Å². The minimum Gasteiger partial charge on any atom is -0.385 e. The number of para-hydroxylation sites is 1. The first-order valence-corrected chi connectivity index (χ1v) is 16.9. The van der Waals surface area contributed by atoms with E-state index in [0.717, 1.165) is 71.3 Å². The van der Waals surface area contributed by atoms with Crippen molar-refractivity contribution in [3.05, 3.63) is 95.5 Å². The Morgan fingerprint density at radius 1 is 1.02 bits per heavy atom. The van der Waals surface area contributed by atoms with E-state index in [1.165, 1.54) is 16.9 Å². The zero-order chi connectivity index (χ0) is 30.0. The third-order valence-corrected chi connectivity index (χ3v) is 10.4. The predicted molar refractivity (Wildman–Crippen MR) is 179 cm³/mol. The minimum atomic E-state index is -1.38. The summed E-state index contributed by atoms with van der Waals surface area (Å²) in [6.45, 7) is 3.49. The van der Waals surface area contributed by atoms with Crippen LogP contribution in [0.25, 0.3) is 10.8 Å². The van der Waals surface area contributed by atoms with Crippen molar-refractivity contribution in [1.82, 2.24) is 4.31 Å². The summed E-state index contributed by atoms with van der Waals surface area (Å²) in [6, 6.07) is 20.9. The number of unbranched alkanes of at least 4 members (excludes halogenated alkanes) is 1. The van der Waals surface area contributed by atoms with Crippen LogP contribution in [-0.4, -0.2) is 39.8 Å². The molecule has 0 spiro atoms. The number of nitrogens with zero attached hydrogens (tertiary/aromatic N) is 1. The maximum absolute atomic E-state index is 13.6. The predicted octanol–water partition coefficient (Wildman–Crippen LogP) is 7.61. The van der Waals surface area contributed by atoms with E-state index >= 15 is 0 Å². The number of carbonyl (C=O) groups is 2. The van der Waals surface area contributed by atoms with Crippen LogP contribution < -0.4 is 16.0 Å². The number of aldehydes is 1. The van der Waals surface area contributed by atoms with Crippen molar-refractivity contribution >= 4 is 62.4 Å². The van der Waals surface area contributed by atoms with Crippen molar-refractivity contribution in [2.24, 2.45) is 0 Å².